The van der Waals surface area contributed by atoms with Gasteiger partial charge in [-0.15, -0.1) is 5.10 Å². The van der Waals surface area contributed by atoms with E-state index < -0.39 is 37.6 Å². The molecule has 64 heavy (non-hydrogen) atoms. The largest absolute Gasteiger partial charge is 0.497 e. The lowest BCUT2D eigenvalue weighted by Crippen LogP contribution is -2.49. The lowest BCUT2D eigenvalue weighted by molar-refractivity contribution is -0.146. The summed E-state index contributed by atoms with van der Waals surface area (Å²) in [6.45, 7) is 8.95. The molecule has 3 N–H and O–H groups in total. The van der Waals surface area contributed by atoms with Crippen molar-refractivity contribution in [1.29, 1.82) is 0 Å². The van der Waals surface area contributed by atoms with Gasteiger partial charge in [0.1, 0.15) is 11.5 Å². The quantitative estimate of drug-likeness (QED) is 0.0469. The Kier molecular flexibility index (Phi) is 13.4. The standard InChI is InChI=1S/C49H59FN6O7Si/c1-6-62-38-19-20-43-35(26-38)27-41(51-23-10-11-25-57)47(59)56(43)36-16-14-33(15-17-36)29-55-44-21-18-37(61-3)28-40(44)49(48(55)60)32(2)46(64(4,5)50)45(63-49)22-24-54-30-42(52-53-54)39(31-58)34-12-8-7-9-13-34/h7-9,12-21,26,28,30,32,39,41,45-46,51,57-58H,6,10-11,22-25,27,29,31H2,1-5H3/t32-,39?,41?,45+,46-,49+/m0/s1. The number of benzene rings is 4. The summed E-state index contributed by atoms with van der Waals surface area (Å²) in [5.74, 6) is 0.141. The van der Waals surface area contributed by atoms with Crippen molar-refractivity contribution in [2.24, 2.45) is 5.92 Å². The van der Waals surface area contributed by atoms with Crippen LogP contribution in [0.1, 0.15) is 67.0 Å². The minimum absolute atomic E-state index is 0.0745. The molecule has 6 atom stereocenters. The number of anilines is 3. The van der Waals surface area contributed by atoms with Gasteiger partial charge in [0, 0.05) is 42.1 Å². The summed E-state index contributed by atoms with van der Waals surface area (Å²) in [5.41, 5.74) is 4.22. The monoisotopic (exact) mass is 890 g/mol. The van der Waals surface area contributed by atoms with Gasteiger partial charge in [0.05, 0.1) is 62.0 Å². The number of nitrogens with one attached hydrogen (secondary N) is 1. The van der Waals surface area contributed by atoms with Crippen molar-refractivity contribution in [3.63, 3.8) is 0 Å². The summed E-state index contributed by atoms with van der Waals surface area (Å²) in [6, 6.07) is 28.2. The highest BCUT2D eigenvalue weighted by molar-refractivity contribution is 6.72. The van der Waals surface area contributed by atoms with Crippen molar-refractivity contribution in [3.05, 3.63) is 125 Å². The van der Waals surface area contributed by atoms with Crippen LogP contribution in [0.25, 0.3) is 0 Å². The molecular formula is C49H59FN6O7Si. The number of amides is 2. The van der Waals surface area contributed by atoms with Gasteiger partial charge in [-0.05, 0) is 117 Å². The van der Waals surface area contributed by atoms with Gasteiger partial charge in [-0.1, -0.05) is 54.6 Å². The number of aromatic nitrogens is 3. The average Bonchev–Trinajstić information content (AvgIpc) is 3.95. The predicted molar refractivity (Wildman–Crippen MR) is 245 cm³/mol. The molecule has 3 aliphatic heterocycles. The normalized spacial score (nSPS) is 22.2. The maximum absolute atomic E-state index is 16.7. The summed E-state index contributed by atoms with van der Waals surface area (Å²) >= 11 is 0. The number of methoxy groups -OCH3 is 1. The molecule has 1 fully saturated rings. The molecule has 1 saturated heterocycles. The fraction of sp³-hybridized carbons (Fsp3) is 0.429. The first kappa shape index (κ1) is 45.1. The number of hydrogen-bond donors (Lipinski definition) is 3. The van der Waals surface area contributed by atoms with Crippen LogP contribution in [-0.2, 0) is 39.4 Å². The number of carbonyl (C=O) groups is 2. The number of fused-ring (bicyclic) bond motifs is 3. The molecule has 4 heterocycles. The molecule has 0 radical (unpaired) electrons. The smallest absolute Gasteiger partial charge is 0.264 e. The number of aryl methyl sites for hydroxylation is 1. The summed E-state index contributed by atoms with van der Waals surface area (Å²) in [5, 5.41) is 31.7. The zero-order chi connectivity index (χ0) is 45.2. The van der Waals surface area contributed by atoms with Crippen LogP contribution in [-0.4, -0.2) is 91.0 Å². The SMILES string of the molecule is CCOc1ccc2c(c1)CC(NCCCCO)C(=O)N2c1ccc(CN2C(=O)[C@]3(O[C@H](CCn4cc(C(CO)c5ccccc5)nn4)[C@@H]([Si](C)(C)F)[C@@H]3C)c3cc(OC)ccc32)cc1. The fourth-order valence-electron chi connectivity index (χ4n) is 10.1. The molecule has 2 unspecified atom stereocenters. The summed E-state index contributed by atoms with van der Waals surface area (Å²) in [7, 11) is -1.87. The molecule has 0 saturated carbocycles. The first-order valence-electron chi connectivity index (χ1n) is 22.4. The molecule has 338 valence electrons. The number of aliphatic hydroxyl groups excluding tert-OH is 2. The maximum atomic E-state index is 16.7. The van der Waals surface area contributed by atoms with Crippen LogP contribution in [0, 0.1) is 5.92 Å². The molecular weight excluding hydrogens is 832 g/mol. The predicted octanol–water partition coefficient (Wildman–Crippen LogP) is 7.17. The zero-order valence-corrected chi connectivity index (χ0v) is 38.2. The van der Waals surface area contributed by atoms with Crippen LogP contribution in [0.5, 0.6) is 11.5 Å². The van der Waals surface area contributed by atoms with Crippen LogP contribution < -0.4 is 24.6 Å². The topological polar surface area (TPSA) is 152 Å². The van der Waals surface area contributed by atoms with E-state index in [2.05, 4.69) is 15.6 Å². The maximum Gasteiger partial charge on any atom is 0.264 e. The van der Waals surface area contributed by atoms with Crippen LogP contribution in [0.2, 0.25) is 18.6 Å². The Morgan fingerprint density at radius 1 is 0.984 bits per heavy atom. The van der Waals surface area contributed by atoms with Crippen LogP contribution in [0.3, 0.4) is 0 Å². The molecule has 0 bridgehead atoms. The van der Waals surface area contributed by atoms with E-state index in [0.717, 1.165) is 34.5 Å². The summed E-state index contributed by atoms with van der Waals surface area (Å²) < 4.78 is 36.9. The highest BCUT2D eigenvalue weighted by Crippen LogP contribution is 2.61. The Bertz CT molecular complexity index is 2430. The van der Waals surface area contributed by atoms with E-state index in [1.807, 2.05) is 111 Å². The molecule has 13 nitrogen and oxygen atoms in total. The van der Waals surface area contributed by atoms with Crippen LogP contribution in [0.15, 0.2) is 97.2 Å². The van der Waals surface area contributed by atoms with E-state index in [9.17, 15) is 15.0 Å². The van der Waals surface area contributed by atoms with E-state index >= 15 is 8.90 Å². The van der Waals surface area contributed by atoms with E-state index in [-0.39, 0.29) is 37.5 Å². The molecule has 4 aromatic carbocycles. The number of nitrogens with zero attached hydrogens (tertiary/aromatic N) is 5. The highest BCUT2D eigenvalue weighted by Gasteiger charge is 2.66. The van der Waals surface area contributed by atoms with Crippen LogP contribution in [0.4, 0.5) is 21.2 Å². The summed E-state index contributed by atoms with van der Waals surface area (Å²) in [6.07, 6.45) is 3.53. The number of carbonyl (C=O) groups excluding carboxylic acids is 2. The van der Waals surface area contributed by atoms with Crippen molar-refractivity contribution in [3.8, 4) is 11.5 Å². The van der Waals surface area contributed by atoms with Crippen molar-refractivity contribution >= 4 is 37.3 Å². The second-order valence-corrected chi connectivity index (χ2v) is 21.4. The van der Waals surface area contributed by atoms with Gasteiger partial charge in [0.25, 0.3) is 5.91 Å². The first-order chi connectivity index (χ1) is 30.9. The number of aliphatic hydroxyl groups is 2. The van der Waals surface area contributed by atoms with Gasteiger partial charge in [-0.3, -0.25) is 19.2 Å². The molecule has 5 aromatic rings. The van der Waals surface area contributed by atoms with E-state index in [1.165, 1.54) is 0 Å². The second-order valence-electron chi connectivity index (χ2n) is 17.6. The zero-order valence-electron chi connectivity index (χ0n) is 37.2. The minimum Gasteiger partial charge on any atom is -0.497 e. The lowest BCUT2D eigenvalue weighted by Gasteiger charge is -2.35. The van der Waals surface area contributed by atoms with Gasteiger partial charge >= 0.3 is 0 Å². The molecule has 2 amide bonds. The number of hydrogen-bond acceptors (Lipinski definition) is 10. The van der Waals surface area contributed by atoms with Crippen molar-refractivity contribution in [2.45, 2.75) is 94.9 Å². The van der Waals surface area contributed by atoms with Gasteiger partial charge in [-0.25, -0.2) is 0 Å². The number of rotatable bonds is 18. The molecule has 1 spiro atoms. The van der Waals surface area contributed by atoms with E-state index in [4.69, 9.17) is 14.2 Å². The average molecular weight is 891 g/mol. The molecule has 1 aromatic heterocycles. The Labute approximate surface area is 375 Å². The van der Waals surface area contributed by atoms with Gasteiger partial charge < -0.3 is 38.7 Å². The third-order valence-electron chi connectivity index (χ3n) is 13.2. The molecule has 8 rings (SSSR count). The van der Waals surface area contributed by atoms with Crippen molar-refractivity contribution in [1.82, 2.24) is 20.3 Å². The summed E-state index contributed by atoms with van der Waals surface area (Å²) in [4.78, 5) is 32.8. The Balaban J connectivity index is 1.06. The van der Waals surface area contributed by atoms with Gasteiger partial charge in [0.15, 0.2) is 5.60 Å². The van der Waals surface area contributed by atoms with Crippen molar-refractivity contribution < 1.29 is 38.1 Å². The Morgan fingerprint density at radius 2 is 1.73 bits per heavy atom. The van der Waals surface area contributed by atoms with Gasteiger partial charge in [-0.2, -0.15) is 0 Å². The number of halogens is 1. The van der Waals surface area contributed by atoms with E-state index in [1.54, 1.807) is 34.7 Å². The number of ether oxygens (including phenoxy) is 3. The third-order valence-corrected chi connectivity index (χ3v) is 15.6. The minimum atomic E-state index is -3.45. The molecule has 15 heteroatoms. The van der Waals surface area contributed by atoms with E-state index in [0.29, 0.717) is 67.3 Å². The number of unbranched alkanes of at least 4 members (excludes halogenated alkanes) is 1. The second kappa shape index (κ2) is 18.9. The Hall–Kier alpha value is -5.45. The van der Waals surface area contributed by atoms with Gasteiger partial charge in [0.2, 0.25) is 14.3 Å². The van der Waals surface area contributed by atoms with Crippen LogP contribution >= 0.6 is 0 Å². The first-order valence-corrected chi connectivity index (χ1v) is 25.3. The Morgan fingerprint density at radius 3 is 2.44 bits per heavy atom. The van der Waals surface area contributed by atoms with Crippen molar-refractivity contribution in [2.75, 3.05) is 43.3 Å². The lowest BCUT2D eigenvalue weighted by atomic mass is 9.82. The fourth-order valence-corrected chi connectivity index (χ4v) is 12.7. The third kappa shape index (κ3) is 8.59. The highest BCUT2D eigenvalue weighted by atomic mass is 28.4. The molecule has 3 aliphatic rings. The molecule has 0 aliphatic carbocycles.